The van der Waals surface area contributed by atoms with Crippen LogP contribution >= 0.6 is 7.92 Å². The Kier molecular flexibility index (Phi) is 21.2. The third-order valence-corrected chi connectivity index (χ3v) is 7.77. The van der Waals surface area contributed by atoms with E-state index in [1.54, 1.807) is 0 Å². The topological polar surface area (TPSA) is 39.4 Å². The summed E-state index contributed by atoms with van der Waals surface area (Å²) in [4.78, 5) is 7.25. The first-order chi connectivity index (χ1) is 18.9. The summed E-state index contributed by atoms with van der Waals surface area (Å²) in [7, 11) is -6.45. The Labute approximate surface area is 250 Å². The summed E-state index contributed by atoms with van der Waals surface area (Å²) in [5, 5.41) is 4.19. The van der Waals surface area contributed by atoms with Gasteiger partial charge in [0.1, 0.15) is 0 Å². The van der Waals surface area contributed by atoms with Gasteiger partial charge in [0.05, 0.1) is 0 Å². The molecule has 0 atom stereocenters. The molecule has 1 radical (unpaired) electrons. The van der Waals surface area contributed by atoms with Crippen LogP contribution in [0.15, 0.2) is 128 Å². The van der Waals surface area contributed by atoms with Crippen LogP contribution in [-0.4, -0.2) is 7.25 Å². The van der Waals surface area contributed by atoms with Crippen LogP contribution in [0.5, 0.6) is 0 Å². The van der Waals surface area contributed by atoms with Crippen LogP contribution in [0.1, 0.15) is 37.7 Å². The summed E-state index contributed by atoms with van der Waals surface area (Å²) in [5.74, 6) is 0. The Morgan fingerprint density at radius 2 is 0.775 bits per heavy atom. The Balaban J connectivity index is 0.000000598. The molecule has 0 spiro atoms. The van der Waals surface area contributed by atoms with Crippen molar-refractivity contribution in [2.45, 2.75) is 32.1 Å². The second-order valence-corrected chi connectivity index (χ2v) is 10.4. The minimum absolute atomic E-state index is 0. The molecule has 5 rings (SSSR count). The fourth-order valence-electron chi connectivity index (χ4n) is 3.65. The van der Waals surface area contributed by atoms with Crippen molar-refractivity contribution < 1.29 is 37.7 Å². The molecule has 0 N–H and O–H groups in total. The molecule has 0 bridgehead atoms. The van der Waals surface area contributed by atoms with E-state index in [0.29, 0.717) is 0 Å². The Bertz CT molecular complexity index is 1030. The first-order valence-electron chi connectivity index (χ1n) is 12.6. The van der Waals surface area contributed by atoms with Gasteiger partial charge in [0.25, 0.3) is 0 Å². The van der Waals surface area contributed by atoms with Crippen molar-refractivity contribution in [3.8, 4) is 0 Å². The van der Waals surface area contributed by atoms with E-state index < -0.39 is 15.2 Å². The van der Waals surface area contributed by atoms with E-state index in [1.807, 2.05) is 36.4 Å². The summed E-state index contributed by atoms with van der Waals surface area (Å²) < 4.78 is 39.0. The summed E-state index contributed by atoms with van der Waals surface area (Å²) in [6, 6.07) is 42.4. The van der Waals surface area contributed by atoms with Gasteiger partial charge in [0.15, 0.2) is 0 Å². The normalized spacial score (nSPS) is 11.3. The largest absolute Gasteiger partial charge is 0.673 e. The second kappa shape index (κ2) is 22.9. The second-order valence-electron chi connectivity index (χ2n) is 8.22. The maximum atomic E-state index is 9.75. The first kappa shape index (κ1) is 37.1. The molecule has 4 aromatic rings. The van der Waals surface area contributed by atoms with E-state index >= 15 is 0 Å². The molecule has 0 aromatic heterocycles. The van der Waals surface area contributed by atoms with Gasteiger partial charge < -0.3 is 27.8 Å². The summed E-state index contributed by atoms with van der Waals surface area (Å²) >= 11 is 0. The fraction of sp³-hybridized carbons (Fsp3) is 0.161. The molecule has 0 amide bonds. The van der Waals surface area contributed by atoms with Crippen LogP contribution in [0.25, 0.3) is 11.7 Å². The molecular weight excluding hydrogens is 706 g/mol. The Morgan fingerprint density at radius 3 is 0.975 bits per heavy atom. The zero-order valence-electron chi connectivity index (χ0n) is 22.1. The number of benzene rings is 4. The number of hydrogen-bond donors (Lipinski definition) is 0. The van der Waals surface area contributed by atoms with Crippen molar-refractivity contribution in [3.05, 3.63) is 144 Å². The smallest absolute Gasteiger partial charge is 0.577 e. The summed E-state index contributed by atoms with van der Waals surface area (Å²) in [6.45, 7) is 3.63. The number of nitrogens with zero attached hydrogens (tertiary/aromatic N) is 1. The predicted molar refractivity (Wildman–Crippen MR) is 162 cm³/mol. The number of halogens is 4. The van der Waals surface area contributed by atoms with E-state index in [0.717, 1.165) is 0 Å². The molecule has 9 heteroatoms. The van der Waals surface area contributed by atoms with Gasteiger partial charge >= 0.3 is 7.25 Å². The van der Waals surface area contributed by atoms with Crippen molar-refractivity contribution in [2.75, 3.05) is 0 Å². The Morgan fingerprint density at radius 1 is 0.550 bits per heavy atom. The van der Waals surface area contributed by atoms with Crippen molar-refractivity contribution in [1.82, 2.24) is 0 Å². The standard InChI is InChI=1S/C18H15P.C8H8.C5H10.BF4.NO.Re/c1-4-10-16(11-5-1)19(17-12-6-2-7-13-17)18-14-8-3-9-15-18;1-2-8-6-4-3-5-7-8;1-2-4-5-3-1;2-1(3,4)5;1-2;/h1-15H;2-7H,1H2;1-5H2;;;/q;;;2*-1;. The fourth-order valence-corrected chi connectivity index (χ4v) is 5.96. The van der Waals surface area contributed by atoms with Crippen LogP contribution < -0.4 is 15.9 Å². The van der Waals surface area contributed by atoms with Gasteiger partial charge in [-0.15, -0.1) is 0 Å². The molecule has 1 aliphatic carbocycles. The van der Waals surface area contributed by atoms with Gasteiger partial charge in [0.2, 0.25) is 0 Å². The minimum Gasteiger partial charge on any atom is -0.577 e. The van der Waals surface area contributed by atoms with Gasteiger partial charge in [-0.1, -0.05) is 166 Å². The van der Waals surface area contributed by atoms with Gasteiger partial charge in [-0.05, 0) is 29.4 Å². The number of nitroso groups, excluding NO2 is 1. The van der Waals surface area contributed by atoms with Gasteiger partial charge in [0, 0.05) is 20.4 Å². The van der Waals surface area contributed by atoms with E-state index in [-0.39, 0.29) is 20.4 Å². The number of rotatable bonds is 4. The van der Waals surface area contributed by atoms with Gasteiger partial charge in [-0.25, -0.2) is 0 Å². The van der Waals surface area contributed by atoms with Crippen molar-refractivity contribution in [2.24, 2.45) is 0 Å². The van der Waals surface area contributed by atoms with Crippen LogP contribution in [-0.2, 0) is 20.4 Å². The molecule has 0 unspecified atom stereocenters. The molecule has 1 fully saturated rings. The van der Waals surface area contributed by atoms with E-state index in [9.17, 15) is 17.3 Å². The third kappa shape index (κ3) is 17.6. The van der Waals surface area contributed by atoms with Gasteiger partial charge in [-0.2, -0.15) is 0 Å². The molecule has 0 saturated heterocycles. The molecule has 40 heavy (non-hydrogen) atoms. The van der Waals surface area contributed by atoms with Crippen molar-refractivity contribution in [3.63, 3.8) is 0 Å². The van der Waals surface area contributed by atoms with Crippen LogP contribution in [0.3, 0.4) is 0 Å². The van der Waals surface area contributed by atoms with Crippen LogP contribution in [0.2, 0.25) is 0 Å². The molecule has 1 aliphatic rings. The van der Waals surface area contributed by atoms with Gasteiger partial charge in [-0.3, -0.25) is 0 Å². The molecule has 1 saturated carbocycles. The van der Waals surface area contributed by atoms with E-state index in [4.69, 9.17) is 10.5 Å². The van der Waals surface area contributed by atoms with Crippen molar-refractivity contribution in [1.29, 1.82) is 0 Å². The quantitative estimate of drug-likeness (QED) is 0.117. The average Bonchev–Trinajstić information content (AvgIpc) is 3.57. The Hall–Kier alpha value is -2.90. The summed E-state index contributed by atoms with van der Waals surface area (Å²) in [5.41, 5.74) is 6.92. The predicted octanol–water partition coefficient (Wildman–Crippen LogP) is 9.34. The van der Waals surface area contributed by atoms with Crippen LogP contribution in [0, 0.1) is 4.91 Å². The van der Waals surface area contributed by atoms with Crippen LogP contribution in [0.4, 0.5) is 17.3 Å². The average molecular weight is 740 g/mol. The zero-order chi connectivity index (χ0) is 28.8. The van der Waals surface area contributed by atoms with E-state index in [1.165, 1.54) is 53.6 Å². The molecule has 2 nitrogen and oxygen atoms in total. The molecular formula is C31H33BF4NOPRe-2. The maximum absolute atomic E-state index is 9.75. The molecule has 0 aliphatic heterocycles. The summed E-state index contributed by atoms with van der Waals surface area (Å²) in [6.07, 6.45) is 9.33. The molecule has 0 heterocycles. The zero-order valence-corrected chi connectivity index (χ0v) is 25.7. The molecule has 4 aromatic carbocycles. The first-order valence-corrected chi connectivity index (χ1v) is 13.9. The number of hydrogen-bond acceptors (Lipinski definition) is 1. The SMILES string of the molecule is C1CCCC1.C=Cc1ccccc1.F[B-](F)(F)F.[N-]=O.[Re].c1ccc(P(c2ccccc2)c2ccccc2)cc1. The minimum atomic E-state index is -6.00. The monoisotopic (exact) mass is 740 g/mol. The maximum Gasteiger partial charge on any atom is 0.673 e. The van der Waals surface area contributed by atoms with Crippen molar-refractivity contribution >= 4 is 37.2 Å². The third-order valence-electron chi connectivity index (χ3n) is 5.33. The van der Waals surface area contributed by atoms with E-state index in [2.05, 4.69) is 97.6 Å². The molecule has 213 valence electrons.